The minimum Gasteiger partial charge on any atom is -0.457 e. The Bertz CT molecular complexity index is 1050. The number of carbonyl (C=O) groups is 2. The molecule has 0 fully saturated rings. The fraction of sp³-hybridized carbons (Fsp3) is 0.0909. The highest BCUT2D eigenvalue weighted by Gasteiger charge is 2.19. The summed E-state index contributed by atoms with van der Waals surface area (Å²) in [6, 6.07) is 20.0. The number of benzene rings is 3. The number of esters is 1. The highest BCUT2D eigenvalue weighted by Crippen LogP contribution is 2.22. The van der Waals surface area contributed by atoms with Gasteiger partial charge in [-0.1, -0.05) is 36.4 Å². The van der Waals surface area contributed by atoms with E-state index in [4.69, 9.17) is 4.74 Å². The van der Waals surface area contributed by atoms with Crippen LogP contribution in [0.5, 0.6) is 0 Å². The van der Waals surface area contributed by atoms with E-state index in [0.29, 0.717) is 16.8 Å². The minimum atomic E-state index is -0.642. The van der Waals surface area contributed by atoms with E-state index in [9.17, 15) is 19.7 Å². The molecule has 1 amide bonds. The van der Waals surface area contributed by atoms with Gasteiger partial charge in [-0.15, -0.1) is 0 Å². The van der Waals surface area contributed by atoms with Gasteiger partial charge in [-0.2, -0.15) is 0 Å². The van der Waals surface area contributed by atoms with Crippen molar-refractivity contribution < 1.29 is 19.2 Å². The van der Waals surface area contributed by atoms with Gasteiger partial charge < -0.3 is 10.1 Å². The zero-order chi connectivity index (χ0) is 20.8. The van der Waals surface area contributed by atoms with E-state index in [-0.39, 0.29) is 29.3 Å². The van der Waals surface area contributed by atoms with Gasteiger partial charge in [0.1, 0.15) is 6.61 Å². The van der Waals surface area contributed by atoms with Gasteiger partial charge in [-0.3, -0.25) is 14.9 Å². The number of hydrogen-bond donors (Lipinski definition) is 1. The van der Waals surface area contributed by atoms with Crippen LogP contribution >= 0.6 is 0 Å². The number of hydrogen-bond acceptors (Lipinski definition) is 5. The fourth-order valence-electron chi connectivity index (χ4n) is 2.75. The smallest absolute Gasteiger partial charge is 0.338 e. The van der Waals surface area contributed by atoms with E-state index in [1.807, 2.05) is 18.2 Å². The van der Waals surface area contributed by atoms with E-state index in [0.717, 1.165) is 0 Å². The van der Waals surface area contributed by atoms with Crippen molar-refractivity contribution in [3.63, 3.8) is 0 Å². The van der Waals surface area contributed by atoms with Gasteiger partial charge in [0.05, 0.1) is 10.5 Å². The van der Waals surface area contributed by atoms with Crippen LogP contribution < -0.4 is 5.32 Å². The van der Waals surface area contributed by atoms with Crippen LogP contribution in [0.15, 0.2) is 72.8 Å². The summed E-state index contributed by atoms with van der Waals surface area (Å²) in [5, 5.41) is 13.8. The largest absolute Gasteiger partial charge is 0.457 e. The number of para-hydroxylation sites is 1. The van der Waals surface area contributed by atoms with Crippen LogP contribution in [-0.4, -0.2) is 16.8 Å². The summed E-state index contributed by atoms with van der Waals surface area (Å²) < 4.78 is 5.26. The Morgan fingerprint density at radius 1 is 0.966 bits per heavy atom. The Hall–Kier alpha value is -4.00. The molecule has 146 valence electrons. The average Bonchev–Trinajstić information content (AvgIpc) is 2.73. The Morgan fingerprint density at radius 2 is 1.66 bits per heavy atom. The Labute approximate surface area is 167 Å². The Morgan fingerprint density at radius 3 is 2.31 bits per heavy atom. The predicted molar refractivity (Wildman–Crippen MR) is 108 cm³/mol. The standard InChI is InChI=1S/C22H18N2O5/c1-15-19(8-5-9-20(15)24(27)28)22(26)29-14-16-10-12-17(13-11-16)21(25)23-18-6-3-2-4-7-18/h2-13H,14H2,1H3,(H,23,25). The van der Waals surface area contributed by atoms with Crippen LogP contribution in [0, 0.1) is 17.0 Å². The number of nitro groups is 1. The van der Waals surface area contributed by atoms with Crippen LogP contribution in [0.2, 0.25) is 0 Å². The van der Waals surface area contributed by atoms with Crippen LogP contribution in [0.4, 0.5) is 11.4 Å². The van der Waals surface area contributed by atoms with Crippen LogP contribution in [0.1, 0.15) is 31.8 Å². The summed E-state index contributed by atoms with van der Waals surface area (Å²) in [6.45, 7) is 1.50. The van der Waals surface area contributed by atoms with Crippen molar-refractivity contribution in [3.8, 4) is 0 Å². The molecule has 0 saturated heterocycles. The lowest BCUT2D eigenvalue weighted by Crippen LogP contribution is -2.12. The lowest BCUT2D eigenvalue weighted by atomic mass is 10.1. The number of carbonyl (C=O) groups excluding carboxylic acids is 2. The van der Waals surface area contributed by atoms with Gasteiger partial charge in [0, 0.05) is 22.9 Å². The number of nitrogens with one attached hydrogen (secondary N) is 1. The van der Waals surface area contributed by atoms with Gasteiger partial charge in [0.25, 0.3) is 11.6 Å². The third-order valence-corrected chi connectivity index (χ3v) is 4.34. The second kappa shape index (κ2) is 8.79. The van der Waals surface area contributed by atoms with Crippen LogP contribution in [-0.2, 0) is 11.3 Å². The van der Waals surface area contributed by atoms with E-state index < -0.39 is 10.9 Å². The third kappa shape index (κ3) is 4.84. The lowest BCUT2D eigenvalue weighted by Gasteiger charge is -2.09. The summed E-state index contributed by atoms with van der Waals surface area (Å²) in [7, 11) is 0. The number of nitrogens with zero attached hydrogens (tertiary/aromatic N) is 1. The van der Waals surface area contributed by atoms with Gasteiger partial charge in [-0.05, 0) is 42.8 Å². The summed E-state index contributed by atoms with van der Waals surface area (Å²) in [4.78, 5) is 35.0. The first-order valence-corrected chi connectivity index (χ1v) is 8.82. The molecule has 7 heteroatoms. The van der Waals surface area contributed by atoms with Crippen molar-refractivity contribution in [1.82, 2.24) is 0 Å². The number of anilines is 1. The van der Waals surface area contributed by atoms with Crippen molar-refractivity contribution in [2.75, 3.05) is 5.32 Å². The first kappa shape index (κ1) is 19.8. The monoisotopic (exact) mass is 390 g/mol. The number of rotatable bonds is 6. The van der Waals surface area contributed by atoms with Gasteiger partial charge in [0.2, 0.25) is 0 Å². The van der Waals surface area contributed by atoms with Gasteiger partial charge in [-0.25, -0.2) is 4.79 Å². The molecule has 0 bridgehead atoms. The molecule has 0 aromatic heterocycles. The SMILES string of the molecule is Cc1c(C(=O)OCc2ccc(C(=O)Nc3ccccc3)cc2)cccc1[N+](=O)[O-]. The van der Waals surface area contributed by atoms with Crippen molar-refractivity contribution in [2.24, 2.45) is 0 Å². The number of ether oxygens (including phenoxy) is 1. The van der Waals surface area contributed by atoms with E-state index in [1.165, 1.54) is 25.1 Å². The zero-order valence-corrected chi connectivity index (χ0v) is 15.6. The number of amides is 1. The molecule has 29 heavy (non-hydrogen) atoms. The molecule has 0 aliphatic carbocycles. The molecule has 0 spiro atoms. The minimum absolute atomic E-state index is 0.0124. The van der Waals surface area contributed by atoms with E-state index in [2.05, 4.69) is 5.32 Å². The summed E-state index contributed by atoms with van der Waals surface area (Å²) in [6.07, 6.45) is 0. The van der Waals surface area contributed by atoms with Crippen LogP contribution in [0.25, 0.3) is 0 Å². The lowest BCUT2D eigenvalue weighted by molar-refractivity contribution is -0.385. The first-order valence-electron chi connectivity index (χ1n) is 8.82. The zero-order valence-electron chi connectivity index (χ0n) is 15.6. The van der Waals surface area contributed by atoms with Crippen molar-refractivity contribution in [1.29, 1.82) is 0 Å². The summed E-state index contributed by atoms with van der Waals surface area (Å²) in [5.41, 5.74) is 2.14. The molecule has 0 aliphatic rings. The van der Waals surface area contributed by atoms with E-state index >= 15 is 0 Å². The van der Waals surface area contributed by atoms with E-state index in [1.54, 1.807) is 36.4 Å². The summed E-state index contributed by atoms with van der Waals surface area (Å²) >= 11 is 0. The molecule has 0 saturated carbocycles. The number of nitro benzene ring substituents is 1. The topological polar surface area (TPSA) is 98.5 Å². The molecule has 0 radical (unpaired) electrons. The van der Waals surface area contributed by atoms with Crippen molar-refractivity contribution in [2.45, 2.75) is 13.5 Å². The molecule has 7 nitrogen and oxygen atoms in total. The maximum absolute atomic E-state index is 12.3. The second-order valence-corrected chi connectivity index (χ2v) is 6.30. The van der Waals surface area contributed by atoms with Crippen molar-refractivity contribution in [3.05, 3.63) is 105 Å². The normalized spacial score (nSPS) is 10.2. The molecular weight excluding hydrogens is 372 g/mol. The Balaban J connectivity index is 1.62. The van der Waals surface area contributed by atoms with Crippen molar-refractivity contribution >= 4 is 23.3 Å². The van der Waals surface area contributed by atoms with Gasteiger partial charge in [0.15, 0.2) is 0 Å². The third-order valence-electron chi connectivity index (χ3n) is 4.34. The molecule has 3 aromatic rings. The fourth-order valence-corrected chi connectivity index (χ4v) is 2.75. The molecule has 0 atom stereocenters. The molecule has 0 aliphatic heterocycles. The summed E-state index contributed by atoms with van der Waals surface area (Å²) in [5.74, 6) is -0.885. The molecule has 0 unspecified atom stereocenters. The first-order chi connectivity index (χ1) is 14.0. The quantitative estimate of drug-likeness (QED) is 0.379. The molecule has 1 N–H and O–H groups in total. The Kier molecular flexibility index (Phi) is 5.99. The molecular formula is C22H18N2O5. The maximum Gasteiger partial charge on any atom is 0.338 e. The molecule has 3 rings (SSSR count). The molecule has 3 aromatic carbocycles. The highest BCUT2D eigenvalue weighted by atomic mass is 16.6. The second-order valence-electron chi connectivity index (χ2n) is 6.30. The highest BCUT2D eigenvalue weighted by molar-refractivity contribution is 6.04. The predicted octanol–water partition coefficient (Wildman–Crippen LogP) is 4.51. The molecule has 0 heterocycles. The van der Waals surface area contributed by atoms with Gasteiger partial charge >= 0.3 is 5.97 Å². The van der Waals surface area contributed by atoms with Crippen LogP contribution in [0.3, 0.4) is 0 Å². The maximum atomic E-state index is 12.3. The average molecular weight is 390 g/mol.